The smallest absolute Gasteiger partial charge is 0.174 e. The van der Waals surface area contributed by atoms with Crippen molar-refractivity contribution in [2.75, 3.05) is 5.33 Å². The Balaban J connectivity index is 1.90. The number of carbonyl (C=O) groups is 3. The van der Waals surface area contributed by atoms with Gasteiger partial charge in [0, 0.05) is 22.6 Å². The molecule has 2 aliphatic rings. The first kappa shape index (κ1) is 18.6. The molecule has 2 aromatic rings. The topological polar surface area (TPSA) is 91.7 Å². The second kappa shape index (κ2) is 6.40. The summed E-state index contributed by atoms with van der Waals surface area (Å²) < 4.78 is 0. The van der Waals surface area contributed by atoms with E-state index in [0.717, 1.165) is 0 Å². The van der Waals surface area contributed by atoms with Crippen molar-refractivity contribution in [3.05, 3.63) is 40.4 Å². The van der Waals surface area contributed by atoms with Gasteiger partial charge >= 0.3 is 0 Å². The van der Waals surface area contributed by atoms with E-state index in [1.165, 1.54) is 0 Å². The fourth-order valence-corrected chi connectivity index (χ4v) is 5.27. The number of carbonyl (C=O) groups excluding carboxylic acids is 3. The Bertz CT molecular complexity index is 1020. The minimum Gasteiger partial charge on any atom is -0.507 e. The summed E-state index contributed by atoms with van der Waals surface area (Å²) in [5.41, 5.74) is -1.68. The normalized spacial score (nSPS) is 27.4. The molecule has 2 aromatic carbocycles. The van der Waals surface area contributed by atoms with Crippen LogP contribution in [0.1, 0.15) is 40.0 Å². The van der Waals surface area contributed by atoms with E-state index < -0.39 is 29.0 Å². The van der Waals surface area contributed by atoms with Crippen molar-refractivity contribution < 1.29 is 24.6 Å². The summed E-state index contributed by atoms with van der Waals surface area (Å²) in [5, 5.41) is 22.4. The number of hydrogen-bond acceptors (Lipinski definition) is 5. The van der Waals surface area contributed by atoms with Gasteiger partial charge in [-0.3, -0.25) is 14.4 Å². The standard InChI is InChI=1S/C20H16BrClO5/c21-8-13(23)20(27)6-5-11-12(7-20)19(26)14-15(18(11)25)17(24)10-4-2-1-3-9(10)16(14)22/h1-4,11-12,24,27H,5-8H2. The molecule has 0 heterocycles. The van der Waals surface area contributed by atoms with Crippen LogP contribution in [-0.4, -0.2) is 38.5 Å². The van der Waals surface area contributed by atoms with Gasteiger partial charge in [-0.15, -0.1) is 0 Å². The molecule has 1 fully saturated rings. The third-order valence-corrected chi connectivity index (χ3v) is 6.75. The summed E-state index contributed by atoms with van der Waals surface area (Å²) in [4.78, 5) is 38.5. The Morgan fingerprint density at radius 3 is 2.44 bits per heavy atom. The molecule has 140 valence electrons. The molecule has 1 saturated carbocycles. The van der Waals surface area contributed by atoms with Crippen LogP contribution in [0.5, 0.6) is 5.75 Å². The van der Waals surface area contributed by atoms with E-state index >= 15 is 0 Å². The first-order valence-electron chi connectivity index (χ1n) is 8.63. The molecular formula is C20H16BrClO5. The summed E-state index contributed by atoms with van der Waals surface area (Å²) in [6.07, 6.45) is 0.193. The maximum absolute atomic E-state index is 13.2. The molecule has 3 atom stereocenters. The number of Topliss-reactive ketones (excluding diaryl/α,β-unsaturated/α-hetero) is 3. The van der Waals surface area contributed by atoms with E-state index in [9.17, 15) is 24.6 Å². The summed E-state index contributed by atoms with van der Waals surface area (Å²) in [6.45, 7) is 0. The number of aliphatic hydroxyl groups is 1. The average Bonchev–Trinajstić information content (AvgIpc) is 2.68. The van der Waals surface area contributed by atoms with Crippen LogP contribution in [0.15, 0.2) is 24.3 Å². The number of benzene rings is 2. The summed E-state index contributed by atoms with van der Waals surface area (Å²) in [6, 6.07) is 6.77. The highest BCUT2D eigenvalue weighted by Crippen LogP contribution is 2.49. The maximum Gasteiger partial charge on any atom is 0.174 e. The molecule has 0 aliphatic heterocycles. The van der Waals surface area contributed by atoms with E-state index in [0.29, 0.717) is 10.8 Å². The molecule has 5 nitrogen and oxygen atoms in total. The quantitative estimate of drug-likeness (QED) is 0.680. The Hall–Kier alpha value is -1.76. The van der Waals surface area contributed by atoms with E-state index in [1.54, 1.807) is 24.3 Å². The zero-order valence-electron chi connectivity index (χ0n) is 14.2. The van der Waals surface area contributed by atoms with Gasteiger partial charge in [0.15, 0.2) is 17.3 Å². The van der Waals surface area contributed by atoms with Gasteiger partial charge in [0.25, 0.3) is 0 Å². The number of halogens is 2. The fourth-order valence-electron chi connectivity index (χ4n) is 4.39. The lowest BCUT2D eigenvalue weighted by molar-refractivity contribution is -0.139. The highest BCUT2D eigenvalue weighted by atomic mass is 79.9. The van der Waals surface area contributed by atoms with Crippen molar-refractivity contribution in [3.63, 3.8) is 0 Å². The highest BCUT2D eigenvalue weighted by molar-refractivity contribution is 9.09. The maximum atomic E-state index is 13.2. The molecule has 4 rings (SSSR count). The van der Waals surface area contributed by atoms with Crippen molar-refractivity contribution >= 4 is 55.7 Å². The number of rotatable bonds is 2. The average molecular weight is 452 g/mol. The molecule has 0 amide bonds. The van der Waals surface area contributed by atoms with E-state index in [1.807, 2.05) is 0 Å². The number of ketones is 3. The SMILES string of the molecule is O=C1c2c(c(Cl)c3ccccc3c2O)C(=O)C2CC(O)(C(=O)CBr)CCC12. The fraction of sp³-hybridized carbons (Fsp3) is 0.350. The van der Waals surface area contributed by atoms with Crippen molar-refractivity contribution in [1.82, 2.24) is 0 Å². The van der Waals surface area contributed by atoms with Gasteiger partial charge < -0.3 is 10.2 Å². The van der Waals surface area contributed by atoms with E-state index in [2.05, 4.69) is 15.9 Å². The Labute approximate surface area is 168 Å². The zero-order valence-corrected chi connectivity index (χ0v) is 16.5. The van der Waals surface area contributed by atoms with Crippen LogP contribution in [0.3, 0.4) is 0 Å². The summed E-state index contributed by atoms with van der Waals surface area (Å²) in [7, 11) is 0. The molecule has 0 bridgehead atoms. The second-order valence-electron chi connectivity index (χ2n) is 7.23. The zero-order chi connectivity index (χ0) is 19.5. The third-order valence-electron chi connectivity index (χ3n) is 5.84. The number of phenolic OH excluding ortho intramolecular Hbond substituents is 1. The number of alkyl halides is 1. The lowest BCUT2D eigenvalue weighted by atomic mass is 9.62. The Morgan fingerprint density at radius 2 is 1.78 bits per heavy atom. The molecule has 2 aliphatic carbocycles. The minimum absolute atomic E-state index is 0.00495. The molecule has 3 unspecified atom stereocenters. The van der Waals surface area contributed by atoms with Gasteiger partial charge in [-0.25, -0.2) is 0 Å². The second-order valence-corrected chi connectivity index (χ2v) is 8.17. The first-order chi connectivity index (χ1) is 12.8. The van der Waals surface area contributed by atoms with Crippen molar-refractivity contribution in [3.8, 4) is 5.75 Å². The monoisotopic (exact) mass is 450 g/mol. The van der Waals surface area contributed by atoms with Crippen LogP contribution >= 0.6 is 27.5 Å². The third kappa shape index (κ3) is 2.57. The van der Waals surface area contributed by atoms with Gasteiger partial charge in [0.2, 0.25) is 0 Å². The summed E-state index contributed by atoms with van der Waals surface area (Å²) in [5.74, 6) is -2.89. The molecule has 0 saturated heterocycles. The van der Waals surface area contributed by atoms with Crippen LogP contribution in [0.25, 0.3) is 10.8 Å². The van der Waals surface area contributed by atoms with Crippen molar-refractivity contribution in [2.24, 2.45) is 11.8 Å². The van der Waals surface area contributed by atoms with Crippen molar-refractivity contribution in [1.29, 1.82) is 0 Å². The predicted molar refractivity (Wildman–Crippen MR) is 104 cm³/mol. The van der Waals surface area contributed by atoms with Gasteiger partial charge in [0.05, 0.1) is 21.5 Å². The van der Waals surface area contributed by atoms with Crippen LogP contribution < -0.4 is 0 Å². The van der Waals surface area contributed by atoms with Crippen LogP contribution in [0, 0.1) is 11.8 Å². The molecule has 0 aromatic heterocycles. The summed E-state index contributed by atoms with van der Waals surface area (Å²) >= 11 is 9.52. The van der Waals surface area contributed by atoms with Crippen LogP contribution in [0.4, 0.5) is 0 Å². The number of hydrogen-bond donors (Lipinski definition) is 2. The number of aromatic hydroxyl groups is 1. The first-order valence-corrected chi connectivity index (χ1v) is 10.1. The molecule has 7 heteroatoms. The van der Waals surface area contributed by atoms with E-state index in [-0.39, 0.29) is 52.3 Å². The Kier molecular flexibility index (Phi) is 4.41. The van der Waals surface area contributed by atoms with E-state index in [4.69, 9.17) is 11.6 Å². The van der Waals surface area contributed by atoms with Gasteiger partial charge in [0.1, 0.15) is 11.4 Å². The predicted octanol–water partition coefficient (Wildman–Crippen LogP) is 3.69. The molecule has 0 radical (unpaired) electrons. The number of fused-ring (bicyclic) bond motifs is 3. The highest BCUT2D eigenvalue weighted by Gasteiger charge is 2.52. The molecule has 2 N–H and O–H groups in total. The van der Waals surface area contributed by atoms with Gasteiger partial charge in [-0.05, 0) is 19.3 Å². The molecule has 27 heavy (non-hydrogen) atoms. The molecular weight excluding hydrogens is 436 g/mol. The lowest BCUT2D eigenvalue weighted by Gasteiger charge is -2.41. The van der Waals surface area contributed by atoms with Crippen LogP contribution in [-0.2, 0) is 4.79 Å². The Morgan fingerprint density at radius 1 is 1.15 bits per heavy atom. The lowest BCUT2D eigenvalue weighted by Crippen LogP contribution is -2.51. The van der Waals surface area contributed by atoms with Crippen LogP contribution in [0.2, 0.25) is 5.02 Å². The van der Waals surface area contributed by atoms with Crippen molar-refractivity contribution in [2.45, 2.75) is 24.9 Å². The minimum atomic E-state index is -1.64. The largest absolute Gasteiger partial charge is 0.507 e. The molecule has 0 spiro atoms. The van der Waals surface area contributed by atoms with Gasteiger partial charge in [-0.1, -0.05) is 51.8 Å². The number of phenols is 1. The van der Waals surface area contributed by atoms with Gasteiger partial charge in [-0.2, -0.15) is 0 Å².